The molecule has 1 fully saturated rings. The molecule has 5 nitrogen and oxygen atoms in total. The van der Waals surface area contributed by atoms with Crippen molar-refractivity contribution in [2.75, 3.05) is 44.7 Å². The summed E-state index contributed by atoms with van der Waals surface area (Å²) < 4.78 is 45.2. The van der Waals surface area contributed by atoms with Gasteiger partial charge in [-0.15, -0.1) is 0 Å². The molecule has 2 aromatic rings. The number of anilines is 1. The number of esters is 1. The van der Waals surface area contributed by atoms with Crippen LogP contribution in [0.25, 0.3) is 10.9 Å². The summed E-state index contributed by atoms with van der Waals surface area (Å²) in [7, 11) is 2.07. The molecule has 0 bridgehead atoms. The topological polar surface area (TPSA) is 46.9 Å². The highest BCUT2D eigenvalue weighted by atomic mass is 19.4. The normalized spacial score (nSPS) is 16.1. The average molecular weight is 368 g/mol. The first-order valence-electron chi connectivity index (χ1n) is 8.55. The highest BCUT2D eigenvalue weighted by Crippen LogP contribution is 2.38. The summed E-state index contributed by atoms with van der Waals surface area (Å²) in [6, 6.07) is 3.95. The number of aromatic nitrogens is 1. The molecular formula is C18H21F3N3O2+. The zero-order valence-electron chi connectivity index (χ0n) is 14.7. The molecular weight excluding hydrogens is 347 g/mol. The van der Waals surface area contributed by atoms with Crippen molar-refractivity contribution in [3.05, 3.63) is 35.5 Å². The van der Waals surface area contributed by atoms with Crippen LogP contribution in [0.15, 0.2) is 24.4 Å². The first-order valence-corrected chi connectivity index (χ1v) is 8.55. The number of rotatable bonds is 3. The number of likely N-dealkylation sites (N-methyl/N-ethyl adjacent to an activating group) is 1. The van der Waals surface area contributed by atoms with Crippen LogP contribution in [-0.2, 0) is 10.9 Å². The van der Waals surface area contributed by atoms with E-state index in [0.29, 0.717) is 24.2 Å². The van der Waals surface area contributed by atoms with Crippen molar-refractivity contribution >= 4 is 22.6 Å². The third-order valence-corrected chi connectivity index (χ3v) is 4.60. The van der Waals surface area contributed by atoms with Crippen molar-refractivity contribution in [3.8, 4) is 0 Å². The number of quaternary nitrogens is 1. The van der Waals surface area contributed by atoms with Crippen molar-refractivity contribution in [1.29, 1.82) is 0 Å². The number of para-hydroxylation sites is 1. The van der Waals surface area contributed by atoms with Gasteiger partial charge in [-0.05, 0) is 13.0 Å². The maximum Gasteiger partial charge on any atom is 0.418 e. The van der Waals surface area contributed by atoms with Crippen molar-refractivity contribution in [2.24, 2.45) is 0 Å². The number of carbonyl (C=O) groups excluding carboxylic acids is 1. The van der Waals surface area contributed by atoms with Crippen LogP contribution in [0.2, 0.25) is 0 Å². The van der Waals surface area contributed by atoms with Crippen LogP contribution < -0.4 is 9.80 Å². The predicted molar refractivity (Wildman–Crippen MR) is 91.5 cm³/mol. The van der Waals surface area contributed by atoms with Gasteiger partial charge in [-0.3, -0.25) is 4.98 Å². The minimum Gasteiger partial charge on any atom is -0.462 e. The number of hydrogen-bond acceptors (Lipinski definition) is 4. The molecule has 0 atom stereocenters. The molecule has 0 saturated carbocycles. The van der Waals surface area contributed by atoms with Crippen LogP contribution in [0, 0.1) is 0 Å². The number of ether oxygens (including phenoxy) is 1. The van der Waals surface area contributed by atoms with Gasteiger partial charge < -0.3 is 14.5 Å². The Morgan fingerprint density at radius 3 is 2.62 bits per heavy atom. The SMILES string of the molecule is CCOC(=O)c1cnc2c(C(F)(F)F)cccc2c1N1CC[NH+](C)CC1. The van der Waals surface area contributed by atoms with Crippen LogP contribution in [-0.4, -0.2) is 50.8 Å². The van der Waals surface area contributed by atoms with Gasteiger partial charge in [0.2, 0.25) is 0 Å². The molecule has 2 heterocycles. The fraction of sp³-hybridized carbons (Fsp3) is 0.444. The molecule has 140 valence electrons. The molecule has 0 unspecified atom stereocenters. The van der Waals surface area contributed by atoms with E-state index in [4.69, 9.17) is 4.74 Å². The van der Waals surface area contributed by atoms with E-state index >= 15 is 0 Å². The zero-order valence-corrected chi connectivity index (χ0v) is 14.7. The number of pyridine rings is 1. The number of nitrogens with one attached hydrogen (secondary N) is 1. The second kappa shape index (κ2) is 7.11. The molecule has 0 radical (unpaired) electrons. The number of nitrogens with zero attached hydrogens (tertiary/aromatic N) is 2. The molecule has 0 spiro atoms. The quantitative estimate of drug-likeness (QED) is 0.839. The van der Waals surface area contributed by atoms with Crippen LogP contribution in [0.3, 0.4) is 0 Å². The molecule has 1 aromatic carbocycles. The number of hydrogen-bond donors (Lipinski definition) is 1. The number of fused-ring (bicyclic) bond motifs is 1. The van der Waals surface area contributed by atoms with Gasteiger partial charge in [0.1, 0.15) is 5.56 Å². The van der Waals surface area contributed by atoms with Gasteiger partial charge in [-0.1, -0.05) is 12.1 Å². The van der Waals surface area contributed by atoms with Gasteiger partial charge in [0, 0.05) is 11.6 Å². The third kappa shape index (κ3) is 3.46. The van der Waals surface area contributed by atoms with Crippen molar-refractivity contribution in [1.82, 2.24) is 4.98 Å². The van der Waals surface area contributed by atoms with Crippen LogP contribution in [0.1, 0.15) is 22.8 Å². The van der Waals surface area contributed by atoms with Gasteiger partial charge in [0.25, 0.3) is 0 Å². The van der Waals surface area contributed by atoms with E-state index in [1.807, 2.05) is 4.90 Å². The number of alkyl halides is 3. The van der Waals surface area contributed by atoms with Crippen LogP contribution in [0.5, 0.6) is 0 Å². The lowest BCUT2D eigenvalue weighted by molar-refractivity contribution is -0.880. The molecule has 26 heavy (non-hydrogen) atoms. The van der Waals surface area contributed by atoms with E-state index in [1.54, 1.807) is 13.0 Å². The standard InChI is InChI=1S/C18H20F3N3O2/c1-3-26-17(25)13-11-22-15-12(5-4-6-14(15)18(19,20)21)16(13)24-9-7-23(2)8-10-24/h4-6,11H,3,7-10H2,1-2H3/p+1. The Morgan fingerprint density at radius 2 is 2.00 bits per heavy atom. The van der Waals surface area contributed by atoms with E-state index in [9.17, 15) is 18.0 Å². The summed E-state index contributed by atoms with van der Waals surface area (Å²) in [4.78, 5) is 19.7. The Morgan fingerprint density at radius 1 is 1.31 bits per heavy atom. The number of benzene rings is 1. The van der Waals surface area contributed by atoms with E-state index in [-0.39, 0.29) is 17.7 Å². The maximum atomic E-state index is 13.4. The van der Waals surface area contributed by atoms with Gasteiger partial charge in [0.15, 0.2) is 0 Å². The van der Waals surface area contributed by atoms with Crippen LogP contribution >= 0.6 is 0 Å². The third-order valence-electron chi connectivity index (χ3n) is 4.60. The smallest absolute Gasteiger partial charge is 0.418 e. The Kier molecular flexibility index (Phi) is 5.04. The van der Waals surface area contributed by atoms with Crippen molar-refractivity contribution < 1.29 is 27.6 Å². The van der Waals surface area contributed by atoms with E-state index in [2.05, 4.69) is 12.0 Å². The molecule has 3 rings (SSSR count). The molecule has 1 saturated heterocycles. The second-order valence-electron chi connectivity index (χ2n) is 6.38. The fourth-order valence-corrected chi connectivity index (χ4v) is 3.25. The maximum absolute atomic E-state index is 13.4. The van der Waals surface area contributed by atoms with E-state index in [0.717, 1.165) is 19.2 Å². The average Bonchev–Trinajstić information content (AvgIpc) is 2.60. The summed E-state index contributed by atoms with van der Waals surface area (Å²) in [5.74, 6) is -0.569. The Labute approximate surface area is 149 Å². The summed E-state index contributed by atoms with van der Waals surface area (Å²) in [6.45, 7) is 4.84. The molecule has 1 aromatic heterocycles. The molecule has 1 aliphatic rings. The molecule has 0 amide bonds. The van der Waals surface area contributed by atoms with Crippen molar-refractivity contribution in [3.63, 3.8) is 0 Å². The summed E-state index contributed by atoms with van der Waals surface area (Å²) in [6.07, 6.45) is -3.31. The summed E-state index contributed by atoms with van der Waals surface area (Å²) in [5, 5.41) is 0.324. The molecule has 1 aliphatic heterocycles. The Bertz CT molecular complexity index is 815. The largest absolute Gasteiger partial charge is 0.462 e. The monoisotopic (exact) mass is 368 g/mol. The van der Waals surface area contributed by atoms with Gasteiger partial charge >= 0.3 is 12.1 Å². The van der Waals surface area contributed by atoms with Gasteiger partial charge in [-0.2, -0.15) is 13.2 Å². The van der Waals surface area contributed by atoms with Crippen LogP contribution in [0.4, 0.5) is 18.9 Å². The molecule has 1 N–H and O–H groups in total. The van der Waals surface area contributed by atoms with Gasteiger partial charge in [-0.25, -0.2) is 4.79 Å². The minimum absolute atomic E-state index is 0.144. The lowest BCUT2D eigenvalue weighted by Crippen LogP contribution is -3.12. The Hall–Kier alpha value is -2.35. The zero-order chi connectivity index (χ0) is 18.9. The van der Waals surface area contributed by atoms with E-state index in [1.165, 1.54) is 17.2 Å². The molecule has 8 heteroatoms. The summed E-state index contributed by atoms with van der Waals surface area (Å²) >= 11 is 0. The minimum atomic E-state index is -4.51. The summed E-state index contributed by atoms with van der Waals surface area (Å²) in [5.41, 5.74) is -0.258. The lowest BCUT2D eigenvalue weighted by atomic mass is 10.0. The lowest BCUT2D eigenvalue weighted by Gasteiger charge is -2.33. The van der Waals surface area contributed by atoms with Gasteiger partial charge in [0.05, 0.1) is 56.6 Å². The predicted octanol–water partition coefficient (Wildman–Crippen LogP) is 1.76. The highest BCUT2D eigenvalue weighted by molar-refractivity contribution is 6.06. The molecule has 0 aliphatic carbocycles. The van der Waals surface area contributed by atoms with E-state index < -0.39 is 17.7 Å². The number of halogens is 3. The highest BCUT2D eigenvalue weighted by Gasteiger charge is 2.35. The first kappa shape index (κ1) is 18.4. The van der Waals surface area contributed by atoms with Crippen molar-refractivity contribution in [2.45, 2.75) is 13.1 Å². The fourth-order valence-electron chi connectivity index (χ4n) is 3.25. The number of carbonyl (C=O) groups is 1. The second-order valence-corrected chi connectivity index (χ2v) is 6.38. The number of piperazine rings is 1. The Balaban J connectivity index is 2.21. The first-order chi connectivity index (χ1) is 12.3.